The molecule has 2 aromatic rings. The van der Waals surface area contributed by atoms with Crippen molar-refractivity contribution in [2.24, 2.45) is 0 Å². The molecule has 0 spiro atoms. The first-order valence-electron chi connectivity index (χ1n) is 8.59. The van der Waals surface area contributed by atoms with Crippen LogP contribution in [0.3, 0.4) is 0 Å². The topological polar surface area (TPSA) is 52.6 Å². The summed E-state index contributed by atoms with van der Waals surface area (Å²) in [6.07, 6.45) is -0.409. The molecule has 0 aliphatic rings. The minimum Gasteiger partial charge on any atom is -0.459 e. The summed E-state index contributed by atoms with van der Waals surface area (Å²) in [5.74, 6) is -0.101. The lowest BCUT2D eigenvalue weighted by atomic mass is 10.1. The van der Waals surface area contributed by atoms with Crippen LogP contribution >= 0.6 is 11.8 Å². The van der Waals surface area contributed by atoms with Crippen LogP contribution in [0.1, 0.15) is 54.0 Å². The van der Waals surface area contributed by atoms with Gasteiger partial charge in [0.25, 0.3) is 0 Å². The molecule has 0 N–H and O–H groups in total. The van der Waals surface area contributed by atoms with E-state index >= 15 is 0 Å². The zero-order valence-corrected chi connectivity index (χ0v) is 16.3. The molecule has 0 bridgehead atoms. The number of rotatable bonds is 7. The Hall–Kier alpha value is -2.27. The van der Waals surface area contributed by atoms with Crippen LogP contribution in [0.2, 0.25) is 0 Å². The average molecular weight is 372 g/mol. The van der Waals surface area contributed by atoms with E-state index in [1.54, 1.807) is 32.0 Å². The first-order chi connectivity index (χ1) is 12.4. The lowest BCUT2D eigenvalue weighted by Gasteiger charge is -2.14. The van der Waals surface area contributed by atoms with E-state index in [4.69, 9.17) is 9.47 Å². The van der Waals surface area contributed by atoms with Gasteiger partial charge in [0.2, 0.25) is 0 Å². The number of thioether (sulfide) groups is 1. The molecule has 0 amide bonds. The van der Waals surface area contributed by atoms with E-state index in [9.17, 15) is 9.59 Å². The third kappa shape index (κ3) is 5.92. The van der Waals surface area contributed by atoms with E-state index in [1.807, 2.05) is 44.2 Å². The smallest absolute Gasteiger partial charge is 0.339 e. The Morgan fingerprint density at radius 3 is 2.12 bits per heavy atom. The molecule has 0 heterocycles. The van der Waals surface area contributed by atoms with Crippen molar-refractivity contribution >= 4 is 23.7 Å². The highest BCUT2D eigenvalue weighted by atomic mass is 32.2. The van der Waals surface area contributed by atoms with Crippen LogP contribution in [-0.2, 0) is 15.2 Å². The standard InChI is InChI=1S/C21H24O4S/c1-14(2)24-20(22)17-10-11-18(21(23)25-15(3)4)19(12-17)26-13-16-8-6-5-7-9-16/h5-12,14-15H,13H2,1-4H3. The average Bonchev–Trinajstić information content (AvgIpc) is 2.59. The molecule has 0 saturated carbocycles. The summed E-state index contributed by atoms with van der Waals surface area (Å²) in [6.45, 7) is 7.22. The quantitative estimate of drug-likeness (QED) is 0.499. The van der Waals surface area contributed by atoms with E-state index in [-0.39, 0.29) is 18.2 Å². The van der Waals surface area contributed by atoms with Crippen molar-refractivity contribution in [1.29, 1.82) is 0 Å². The van der Waals surface area contributed by atoms with Crippen molar-refractivity contribution in [3.05, 3.63) is 65.2 Å². The fourth-order valence-electron chi connectivity index (χ4n) is 2.23. The normalized spacial score (nSPS) is 10.8. The lowest BCUT2D eigenvalue weighted by molar-refractivity contribution is 0.0358. The van der Waals surface area contributed by atoms with E-state index in [0.717, 1.165) is 5.56 Å². The van der Waals surface area contributed by atoms with Gasteiger partial charge in [-0.25, -0.2) is 9.59 Å². The van der Waals surface area contributed by atoms with Crippen LogP contribution in [0.25, 0.3) is 0 Å². The summed E-state index contributed by atoms with van der Waals surface area (Å²) < 4.78 is 10.6. The van der Waals surface area contributed by atoms with Gasteiger partial charge >= 0.3 is 11.9 Å². The second-order valence-corrected chi connectivity index (χ2v) is 7.41. The molecule has 5 heteroatoms. The molecule has 0 aromatic heterocycles. The minimum atomic E-state index is -0.398. The summed E-state index contributed by atoms with van der Waals surface area (Å²) >= 11 is 1.50. The van der Waals surface area contributed by atoms with Crippen molar-refractivity contribution in [2.45, 2.75) is 50.6 Å². The fraction of sp³-hybridized carbons (Fsp3) is 0.333. The highest BCUT2D eigenvalue weighted by molar-refractivity contribution is 7.98. The molecule has 0 aliphatic carbocycles. The van der Waals surface area contributed by atoms with Crippen LogP contribution in [0, 0.1) is 0 Å². The molecule has 2 rings (SSSR count). The predicted octanol–water partition coefficient (Wildman–Crippen LogP) is 5.11. The molecule has 0 atom stereocenters. The minimum absolute atomic E-state index is 0.200. The number of esters is 2. The van der Waals surface area contributed by atoms with Gasteiger partial charge in [0.05, 0.1) is 23.3 Å². The predicted molar refractivity (Wildman–Crippen MR) is 104 cm³/mol. The molecule has 26 heavy (non-hydrogen) atoms. The molecule has 2 aromatic carbocycles. The zero-order valence-electron chi connectivity index (χ0n) is 15.5. The van der Waals surface area contributed by atoms with E-state index in [0.29, 0.717) is 21.8 Å². The molecular formula is C21H24O4S. The molecule has 4 nitrogen and oxygen atoms in total. The van der Waals surface area contributed by atoms with Gasteiger partial charge in [0, 0.05) is 10.6 Å². The van der Waals surface area contributed by atoms with Crippen LogP contribution in [0.4, 0.5) is 0 Å². The number of hydrogen-bond donors (Lipinski definition) is 0. The van der Waals surface area contributed by atoms with Gasteiger partial charge in [-0.15, -0.1) is 11.8 Å². The van der Waals surface area contributed by atoms with Crippen LogP contribution in [0.15, 0.2) is 53.4 Å². The van der Waals surface area contributed by atoms with Gasteiger partial charge in [-0.1, -0.05) is 30.3 Å². The highest BCUT2D eigenvalue weighted by Crippen LogP contribution is 2.29. The maximum atomic E-state index is 12.4. The summed E-state index contributed by atoms with van der Waals surface area (Å²) in [5.41, 5.74) is 2.02. The van der Waals surface area contributed by atoms with Gasteiger partial charge in [-0.05, 0) is 51.5 Å². The van der Waals surface area contributed by atoms with E-state index in [2.05, 4.69) is 0 Å². The second kappa shape index (κ2) is 9.43. The lowest BCUT2D eigenvalue weighted by Crippen LogP contribution is -2.15. The molecule has 0 unspecified atom stereocenters. The van der Waals surface area contributed by atoms with Gasteiger partial charge < -0.3 is 9.47 Å². The number of carbonyl (C=O) groups is 2. The number of carbonyl (C=O) groups excluding carboxylic acids is 2. The van der Waals surface area contributed by atoms with Crippen LogP contribution in [0.5, 0.6) is 0 Å². The summed E-state index contributed by atoms with van der Waals surface area (Å²) in [6, 6.07) is 14.9. The third-order valence-corrected chi connectivity index (χ3v) is 4.49. The summed E-state index contributed by atoms with van der Waals surface area (Å²) in [4.78, 5) is 25.3. The Balaban J connectivity index is 2.28. The van der Waals surface area contributed by atoms with Crippen molar-refractivity contribution in [3.63, 3.8) is 0 Å². The maximum absolute atomic E-state index is 12.4. The first-order valence-corrected chi connectivity index (χ1v) is 9.58. The zero-order chi connectivity index (χ0) is 19.1. The van der Waals surface area contributed by atoms with Crippen LogP contribution in [-0.4, -0.2) is 24.1 Å². The molecule has 0 fully saturated rings. The van der Waals surface area contributed by atoms with Crippen molar-refractivity contribution in [2.75, 3.05) is 0 Å². The Kier molecular flexibility index (Phi) is 7.27. The Morgan fingerprint density at radius 2 is 1.50 bits per heavy atom. The third-order valence-electron chi connectivity index (χ3n) is 3.36. The Morgan fingerprint density at radius 1 is 0.885 bits per heavy atom. The summed E-state index contributed by atoms with van der Waals surface area (Å²) in [5, 5.41) is 0. The van der Waals surface area contributed by atoms with Gasteiger partial charge in [-0.3, -0.25) is 0 Å². The largest absolute Gasteiger partial charge is 0.459 e. The number of benzene rings is 2. The molecule has 0 saturated heterocycles. The number of ether oxygens (including phenoxy) is 2. The molecule has 0 aliphatic heterocycles. The molecule has 138 valence electrons. The van der Waals surface area contributed by atoms with Crippen molar-refractivity contribution in [3.8, 4) is 0 Å². The molecule has 0 radical (unpaired) electrons. The highest BCUT2D eigenvalue weighted by Gasteiger charge is 2.18. The van der Waals surface area contributed by atoms with Crippen molar-refractivity contribution in [1.82, 2.24) is 0 Å². The Labute approximate surface area is 158 Å². The van der Waals surface area contributed by atoms with E-state index in [1.165, 1.54) is 11.8 Å². The maximum Gasteiger partial charge on any atom is 0.339 e. The Bertz CT molecular complexity index is 754. The monoisotopic (exact) mass is 372 g/mol. The van der Waals surface area contributed by atoms with Gasteiger partial charge in [-0.2, -0.15) is 0 Å². The summed E-state index contributed by atoms with van der Waals surface area (Å²) in [7, 11) is 0. The SMILES string of the molecule is CC(C)OC(=O)c1ccc(C(=O)OC(C)C)c(SCc2ccccc2)c1. The first kappa shape index (κ1) is 20.0. The van der Waals surface area contributed by atoms with Crippen LogP contribution < -0.4 is 0 Å². The molecular weight excluding hydrogens is 348 g/mol. The number of hydrogen-bond acceptors (Lipinski definition) is 5. The fourth-order valence-corrected chi connectivity index (χ4v) is 3.26. The second-order valence-electron chi connectivity index (χ2n) is 6.39. The van der Waals surface area contributed by atoms with Gasteiger partial charge in [0.1, 0.15) is 0 Å². The van der Waals surface area contributed by atoms with Crippen molar-refractivity contribution < 1.29 is 19.1 Å². The van der Waals surface area contributed by atoms with Gasteiger partial charge in [0.15, 0.2) is 0 Å². The van der Waals surface area contributed by atoms with E-state index < -0.39 is 5.97 Å².